The molecule has 5 heteroatoms. The smallest absolute Gasteiger partial charge is 0.341 e. The highest BCUT2D eigenvalue weighted by atomic mass is 16.7. The van der Waals surface area contributed by atoms with E-state index in [9.17, 15) is 14.4 Å². The Morgan fingerprint density at radius 1 is 0.333 bits per heavy atom. The van der Waals surface area contributed by atoms with Gasteiger partial charge in [-0.3, -0.25) is 4.79 Å². The molecule has 0 saturated carbocycles. The van der Waals surface area contributed by atoms with Crippen LogP contribution in [-0.4, -0.2) is 24.5 Å². The molecule has 0 spiro atoms. The highest BCUT2D eigenvalue weighted by Gasteiger charge is 2.13. The Labute approximate surface area is 304 Å². The van der Waals surface area contributed by atoms with Crippen LogP contribution in [0.3, 0.4) is 0 Å². The second-order valence-electron chi connectivity index (χ2n) is 13.5. The Hall–Kier alpha value is -5.29. The number of benzene rings is 5. The highest BCUT2D eigenvalue weighted by Crippen LogP contribution is 2.18. The fourth-order valence-corrected chi connectivity index (χ4v) is 5.08. The summed E-state index contributed by atoms with van der Waals surface area (Å²) in [5.74, 6) is -0.928. The first kappa shape index (κ1) is 40.1. The summed E-state index contributed by atoms with van der Waals surface area (Å²) in [6.45, 7) is 24.2. The van der Waals surface area contributed by atoms with Crippen LogP contribution >= 0.6 is 0 Å². The quantitative estimate of drug-likeness (QED) is 0.101. The van der Waals surface area contributed by atoms with Gasteiger partial charge in [0.1, 0.15) is 0 Å². The predicted molar refractivity (Wildman–Crippen MR) is 208 cm³/mol. The zero-order valence-electron chi connectivity index (χ0n) is 32.3. The van der Waals surface area contributed by atoms with E-state index in [2.05, 4.69) is 53.7 Å². The van der Waals surface area contributed by atoms with Gasteiger partial charge in [0.15, 0.2) is 5.78 Å². The first-order valence-corrected chi connectivity index (χ1v) is 17.2. The van der Waals surface area contributed by atoms with E-state index in [1.807, 2.05) is 90.1 Å². The van der Waals surface area contributed by atoms with Gasteiger partial charge in [-0.15, -0.1) is 0 Å². The van der Waals surface area contributed by atoms with Gasteiger partial charge < -0.3 is 9.47 Å². The zero-order chi connectivity index (χ0) is 38.0. The summed E-state index contributed by atoms with van der Waals surface area (Å²) < 4.78 is 9.97. The molecule has 0 aliphatic heterocycles. The summed E-state index contributed by atoms with van der Waals surface area (Å²) in [7, 11) is 0. The Morgan fingerprint density at radius 2 is 0.569 bits per heavy atom. The summed E-state index contributed by atoms with van der Waals surface area (Å²) in [4.78, 5) is 36.2. The van der Waals surface area contributed by atoms with E-state index in [0.29, 0.717) is 11.1 Å². The molecule has 5 aromatic rings. The molecule has 0 unspecified atom stereocenters. The number of esters is 2. The Bertz CT molecular complexity index is 1880. The van der Waals surface area contributed by atoms with Crippen LogP contribution in [0.1, 0.15) is 103 Å². The molecule has 5 aromatic carbocycles. The molecule has 0 fully saturated rings. The molecule has 0 amide bonds. The van der Waals surface area contributed by atoms with Crippen LogP contribution in [0.15, 0.2) is 84.9 Å². The third-order valence-corrected chi connectivity index (χ3v) is 9.51. The molecule has 0 heterocycles. The van der Waals surface area contributed by atoms with Gasteiger partial charge in [-0.05, 0) is 186 Å². The monoisotopic (exact) mass is 684 g/mol. The van der Waals surface area contributed by atoms with Crippen LogP contribution in [0.4, 0.5) is 0 Å². The van der Waals surface area contributed by atoms with Crippen LogP contribution in [0.2, 0.25) is 0 Å². The molecule has 0 saturated heterocycles. The summed E-state index contributed by atoms with van der Waals surface area (Å²) in [6.07, 6.45) is 0. The first-order chi connectivity index (χ1) is 24.0. The van der Waals surface area contributed by atoms with Crippen molar-refractivity contribution < 1.29 is 23.9 Å². The van der Waals surface area contributed by atoms with Gasteiger partial charge in [0.05, 0.1) is 11.1 Å². The number of ether oxygens (including phenoxy) is 2. The van der Waals surface area contributed by atoms with Crippen LogP contribution < -0.4 is 0 Å². The number of carbonyl (C=O) groups is 3. The molecule has 0 radical (unpaired) electrons. The van der Waals surface area contributed by atoms with Crippen molar-refractivity contribution >= 4 is 17.7 Å². The van der Waals surface area contributed by atoms with E-state index < -0.39 is 18.7 Å². The van der Waals surface area contributed by atoms with E-state index in [0.717, 1.165) is 44.5 Å². The van der Waals surface area contributed by atoms with Gasteiger partial charge in [0.25, 0.3) is 0 Å². The molecule has 5 nitrogen and oxygen atoms in total. The SMILES string of the molecule is Cc1cc(C)c(C)cc1C.Cc1ccc(C(=O)OCOC(=O)c2ccc(C)c(C)c2)cc1C.Cc1ccc(C(=O)c2ccc(C)c(C)c2)cc1C. The summed E-state index contributed by atoms with van der Waals surface area (Å²) in [6, 6.07) is 26.8. The number of hydrogen-bond donors (Lipinski definition) is 0. The summed E-state index contributed by atoms with van der Waals surface area (Å²) in [5.41, 5.74) is 16.9. The molecule has 0 bridgehead atoms. The molecule has 5 rings (SSSR count). The molecule has 0 N–H and O–H groups in total. The predicted octanol–water partition coefficient (Wildman–Crippen LogP) is 11.0. The molecule has 51 heavy (non-hydrogen) atoms. The third-order valence-electron chi connectivity index (χ3n) is 9.51. The van der Waals surface area contributed by atoms with Crippen molar-refractivity contribution in [3.63, 3.8) is 0 Å². The standard InChI is InChI=1S/C19H20O4.C17H18O.C10H14/c1-12-5-7-16(9-14(12)3)18(20)22-11-23-19(21)17-8-6-13(2)15(4)10-17;1-11-5-7-15(9-13(11)3)17(18)16-8-6-12(2)14(4)10-16;1-7-5-9(3)10(4)6-8(7)2/h5-10H,11H2,1-4H3;5-10H,1-4H3;5-6H,1-4H3. The molecular weight excluding hydrogens is 633 g/mol. The Kier molecular flexibility index (Phi) is 14.2. The maximum Gasteiger partial charge on any atom is 0.341 e. The fraction of sp³-hybridized carbons (Fsp3) is 0.283. The number of ketones is 1. The van der Waals surface area contributed by atoms with Gasteiger partial charge >= 0.3 is 11.9 Å². The maximum atomic E-state index is 12.4. The van der Waals surface area contributed by atoms with Gasteiger partial charge in [0, 0.05) is 11.1 Å². The van der Waals surface area contributed by atoms with Gasteiger partial charge in [-0.1, -0.05) is 48.5 Å². The van der Waals surface area contributed by atoms with Gasteiger partial charge in [0.2, 0.25) is 6.79 Å². The lowest BCUT2D eigenvalue weighted by Crippen LogP contribution is -2.13. The Balaban J connectivity index is 0.000000222. The zero-order valence-corrected chi connectivity index (χ0v) is 32.3. The molecule has 0 aromatic heterocycles. The van der Waals surface area contributed by atoms with Crippen molar-refractivity contribution in [2.75, 3.05) is 6.79 Å². The van der Waals surface area contributed by atoms with E-state index in [1.165, 1.54) is 33.4 Å². The molecule has 0 aliphatic carbocycles. The second kappa shape index (κ2) is 18.1. The largest absolute Gasteiger partial charge is 0.424 e. The molecule has 0 aliphatic rings. The van der Waals surface area contributed by atoms with E-state index in [1.54, 1.807) is 24.3 Å². The third kappa shape index (κ3) is 11.4. The van der Waals surface area contributed by atoms with Crippen molar-refractivity contribution in [3.05, 3.63) is 174 Å². The second-order valence-corrected chi connectivity index (χ2v) is 13.5. The van der Waals surface area contributed by atoms with Crippen molar-refractivity contribution in [1.29, 1.82) is 0 Å². The fourth-order valence-electron chi connectivity index (χ4n) is 5.08. The van der Waals surface area contributed by atoms with E-state index in [4.69, 9.17) is 9.47 Å². The maximum absolute atomic E-state index is 12.4. The lowest BCUT2D eigenvalue weighted by molar-refractivity contribution is -0.0167. The lowest BCUT2D eigenvalue weighted by Gasteiger charge is -2.08. The van der Waals surface area contributed by atoms with Crippen LogP contribution in [0, 0.1) is 83.1 Å². The molecule has 266 valence electrons. The van der Waals surface area contributed by atoms with Gasteiger partial charge in [-0.2, -0.15) is 0 Å². The number of rotatable bonds is 6. The highest BCUT2D eigenvalue weighted by molar-refractivity contribution is 6.09. The normalized spacial score (nSPS) is 10.3. The molecular formula is C46H52O5. The minimum absolute atomic E-state index is 0.0983. The average molecular weight is 685 g/mol. The topological polar surface area (TPSA) is 69.7 Å². The molecule has 0 atom stereocenters. The van der Waals surface area contributed by atoms with E-state index in [-0.39, 0.29) is 5.78 Å². The Morgan fingerprint density at radius 3 is 0.843 bits per heavy atom. The van der Waals surface area contributed by atoms with Crippen LogP contribution in [-0.2, 0) is 9.47 Å². The first-order valence-electron chi connectivity index (χ1n) is 17.2. The summed E-state index contributed by atoms with van der Waals surface area (Å²) in [5, 5.41) is 0. The average Bonchev–Trinajstić information content (AvgIpc) is 3.09. The number of carbonyl (C=O) groups excluding carboxylic acids is 3. The van der Waals surface area contributed by atoms with Crippen molar-refractivity contribution in [2.24, 2.45) is 0 Å². The van der Waals surface area contributed by atoms with Crippen molar-refractivity contribution in [2.45, 2.75) is 83.1 Å². The van der Waals surface area contributed by atoms with Crippen LogP contribution in [0.25, 0.3) is 0 Å². The number of hydrogen-bond acceptors (Lipinski definition) is 5. The van der Waals surface area contributed by atoms with E-state index >= 15 is 0 Å². The number of aryl methyl sites for hydroxylation is 12. The van der Waals surface area contributed by atoms with Crippen molar-refractivity contribution in [3.8, 4) is 0 Å². The minimum Gasteiger partial charge on any atom is -0.424 e. The van der Waals surface area contributed by atoms with Crippen molar-refractivity contribution in [1.82, 2.24) is 0 Å². The minimum atomic E-state index is -0.513. The van der Waals surface area contributed by atoms with Gasteiger partial charge in [-0.25, -0.2) is 9.59 Å². The lowest BCUT2D eigenvalue weighted by atomic mass is 9.97. The van der Waals surface area contributed by atoms with Crippen LogP contribution in [0.5, 0.6) is 0 Å². The summed E-state index contributed by atoms with van der Waals surface area (Å²) >= 11 is 0.